The second kappa shape index (κ2) is 5.46. The van der Waals surface area contributed by atoms with Crippen molar-refractivity contribution in [1.82, 2.24) is 9.55 Å². The molecule has 2 aromatic carbocycles. The summed E-state index contributed by atoms with van der Waals surface area (Å²) in [6.07, 6.45) is 0. The predicted molar refractivity (Wildman–Crippen MR) is 84.9 cm³/mol. The zero-order valence-corrected chi connectivity index (χ0v) is 13.1. The van der Waals surface area contributed by atoms with E-state index in [1.807, 2.05) is 42.5 Å². The van der Waals surface area contributed by atoms with Gasteiger partial charge in [0.25, 0.3) is 0 Å². The zero-order valence-electron chi connectivity index (χ0n) is 10.8. The molecule has 0 aliphatic rings. The molecule has 5 heteroatoms. The van der Waals surface area contributed by atoms with Crippen LogP contribution in [0.1, 0.15) is 5.82 Å². The van der Waals surface area contributed by atoms with Crippen molar-refractivity contribution < 1.29 is 4.74 Å². The summed E-state index contributed by atoms with van der Waals surface area (Å²) >= 11 is 9.63. The van der Waals surface area contributed by atoms with Gasteiger partial charge in [0.15, 0.2) is 0 Å². The first-order valence-corrected chi connectivity index (χ1v) is 7.43. The Hall–Kier alpha value is -1.52. The SMILES string of the molecule is COc1ccc2nc(CCl)n(-c3ccccc3Br)c2c1. The number of aromatic nitrogens is 2. The van der Waals surface area contributed by atoms with Gasteiger partial charge in [-0.05, 0) is 40.2 Å². The highest BCUT2D eigenvalue weighted by Gasteiger charge is 2.14. The number of benzene rings is 2. The van der Waals surface area contributed by atoms with E-state index >= 15 is 0 Å². The van der Waals surface area contributed by atoms with Gasteiger partial charge in [-0.25, -0.2) is 4.98 Å². The summed E-state index contributed by atoms with van der Waals surface area (Å²) in [6.45, 7) is 0. The van der Waals surface area contributed by atoms with E-state index in [2.05, 4.69) is 25.5 Å². The number of para-hydroxylation sites is 1. The molecule has 0 saturated heterocycles. The summed E-state index contributed by atoms with van der Waals surface area (Å²) < 4.78 is 8.34. The summed E-state index contributed by atoms with van der Waals surface area (Å²) in [5.41, 5.74) is 2.89. The summed E-state index contributed by atoms with van der Waals surface area (Å²) in [6, 6.07) is 13.8. The first-order chi connectivity index (χ1) is 9.74. The second-order valence-electron chi connectivity index (χ2n) is 4.30. The van der Waals surface area contributed by atoms with E-state index in [1.54, 1.807) is 7.11 Å². The largest absolute Gasteiger partial charge is 0.497 e. The molecule has 102 valence electrons. The molecule has 3 aromatic rings. The maximum atomic E-state index is 6.05. The Morgan fingerprint density at radius 3 is 2.75 bits per heavy atom. The minimum absolute atomic E-state index is 0.346. The lowest BCUT2D eigenvalue weighted by atomic mass is 10.2. The highest BCUT2D eigenvalue weighted by molar-refractivity contribution is 9.10. The van der Waals surface area contributed by atoms with Crippen LogP contribution >= 0.6 is 27.5 Å². The van der Waals surface area contributed by atoms with E-state index in [1.165, 1.54) is 0 Å². The summed E-state index contributed by atoms with van der Waals surface area (Å²) in [7, 11) is 1.66. The Bertz CT molecular complexity index is 770. The van der Waals surface area contributed by atoms with Gasteiger partial charge in [0.05, 0.1) is 29.7 Å². The Kier molecular flexibility index (Phi) is 3.68. The van der Waals surface area contributed by atoms with Gasteiger partial charge in [0.2, 0.25) is 0 Å². The topological polar surface area (TPSA) is 27.1 Å². The molecule has 0 saturated carbocycles. The van der Waals surface area contributed by atoms with Gasteiger partial charge >= 0.3 is 0 Å². The highest BCUT2D eigenvalue weighted by atomic mass is 79.9. The van der Waals surface area contributed by atoms with Crippen LogP contribution in [0.4, 0.5) is 0 Å². The smallest absolute Gasteiger partial charge is 0.129 e. The Labute approximate surface area is 130 Å². The van der Waals surface area contributed by atoms with Gasteiger partial charge in [-0.3, -0.25) is 4.57 Å². The third-order valence-electron chi connectivity index (χ3n) is 3.14. The number of hydrogen-bond donors (Lipinski definition) is 0. The summed E-state index contributed by atoms with van der Waals surface area (Å²) in [4.78, 5) is 4.58. The lowest BCUT2D eigenvalue weighted by molar-refractivity contribution is 0.415. The first-order valence-electron chi connectivity index (χ1n) is 6.11. The van der Waals surface area contributed by atoms with Crippen molar-refractivity contribution in [3.05, 3.63) is 52.8 Å². The normalized spacial score (nSPS) is 10.9. The molecule has 0 atom stereocenters. The molecule has 0 fully saturated rings. The molecule has 1 heterocycles. The molecule has 1 aromatic heterocycles. The van der Waals surface area contributed by atoms with E-state index in [-0.39, 0.29) is 0 Å². The molecule has 0 amide bonds. The second-order valence-corrected chi connectivity index (χ2v) is 5.42. The fraction of sp³-hybridized carbons (Fsp3) is 0.133. The average Bonchev–Trinajstić information content (AvgIpc) is 2.85. The van der Waals surface area contributed by atoms with Gasteiger partial charge in [-0.1, -0.05) is 12.1 Å². The molecule has 0 radical (unpaired) electrons. The van der Waals surface area contributed by atoms with Crippen molar-refractivity contribution in [3.8, 4) is 11.4 Å². The van der Waals surface area contributed by atoms with Crippen molar-refractivity contribution >= 4 is 38.6 Å². The lowest BCUT2D eigenvalue weighted by Crippen LogP contribution is -2.00. The quantitative estimate of drug-likeness (QED) is 0.648. The Morgan fingerprint density at radius 1 is 1.25 bits per heavy atom. The van der Waals surface area contributed by atoms with Gasteiger partial charge < -0.3 is 4.74 Å². The molecule has 0 unspecified atom stereocenters. The van der Waals surface area contributed by atoms with Crippen LogP contribution in [0, 0.1) is 0 Å². The van der Waals surface area contributed by atoms with E-state index < -0.39 is 0 Å². The molecular weight excluding hydrogens is 340 g/mol. The van der Waals surface area contributed by atoms with Crippen LogP contribution in [0.15, 0.2) is 46.9 Å². The lowest BCUT2D eigenvalue weighted by Gasteiger charge is -2.10. The number of ether oxygens (including phenoxy) is 1. The number of fused-ring (bicyclic) bond motifs is 1. The number of nitrogens with zero attached hydrogens (tertiary/aromatic N) is 2. The highest BCUT2D eigenvalue weighted by Crippen LogP contribution is 2.29. The monoisotopic (exact) mass is 350 g/mol. The first kappa shape index (κ1) is 13.5. The van der Waals surface area contributed by atoms with Crippen molar-refractivity contribution in [1.29, 1.82) is 0 Å². The minimum atomic E-state index is 0.346. The van der Waals surface area contributed by atoms with Gasteiger partial charge in [-0.2, -0.15) is 0 Å². The van der Waals surface area contributed by atoms with Gasteiger partial charge in [-0.15, -0.1) is 11.6 Å². The van der Waals surface area contributed by atoms with Crippen LogP contribution in [-0.4, -0.2) is 16.7 Å². The molecule has 20 heavy (non-hydrogen) atoms. The Morgan fingerprint density at radius 2 is 2.05 bits per heavy atom. The molecule has 0 N–H and O–H groups in total. The van der Waals surface area contributed by atoms with Crippen LogP contribution in [0.2, 0.25) is 0 Å². The number of imidazole rings is 1. The van der Waals surface area contributed by atoms with Crippen molar-refractivity contribution in [3.63, 3.8) is 0 Å². The average molecular weight is 352 g/mol. The van der Waals surface area contributed by atoms with Crippen LogP contribution < -0.4 is 4.74 Å². The predicted octanol–water partition coefficient (Wildman–Crippen LogP) is 4.54. The van der Waals surface area contributed by atoms with E-state index in [4.69, 9.17) is 16.3 Å². The maximum absolute atomic E-state index is 6.05. The molecule has 0 bridgehead atoms. The molecule has 0 aliphatic heterocycles. The van der Waals surface area contributed by atoms with Gasteiger partial charge in [0, 0.05) is 10.5 Å². The molecule has 0 spiro atoms. The third-order valence-corrected chi connectivity index (χ3v) is 4.05. The fourth-order valence-corrected chi connectivity index (χ4v) is 2.86. The number of alkyl halides is 1. The third kappa shape index (κ3) is 2.19. The maximum Gasteiger partial charge on any atom is 0.129 e. The van der Waals surface area contributed by atoms with Crippen LogP contribution in [0.3, 0.4) is 0 Å². The Balaban J connectivity index is 2.35. The standard InChI is InChI=1S/C15H12BrClN2O/c1-20-10-6-7-12-14(8-10)19(15(9-17)18-12)13-5-3-2-4-11(13)16/h2-8H,9H2,1H3. The minimum Gasteiger partial charge on any atom is -0.497 e. The van der Waals surface area contributed by atoms with Crippen molar-refractivity contribution in [2.24, 2.45) is 0 Å². The van der Waals surface area contributed by atoms with Gasteiger partial charge in [0.1, 0.15) is 11.6 Å². The molecule has 0 aliphatic carbocycles. The van der Waals surface area contributed by atoms with E-state index in [9.17, 15) is 0 Å². The molecule has 3 rings (SSSR count). The number of halogens is 2. The van der Waals surface area contributed by atoms with Crippen molar-refractivity contribution in [2.45, 2.75) is 5.88 Å². The molecule has 3 nitrogen and oxygen atoms in total. The van der Waals surface area contributed by atoms with Crippen LogP contribution in [0.25, 0.3) is 16.7 Å². The van der Waals surface area contributed by atoms with E-state index in [0.717, 1.165) is 32.8 Å². The summed E-state index contributed by atoms with van der Waals surface area (Å²) in [5, 5.41) is 0. The van der Waals surface area contributed by atoms with Crippen LogP contribution in [0.5, 0.6) is 5.75 Å². The summed E-state index contributed by atoms with van der Waals surface area (Å²) in [5.74, 6) is 1.95. The number of rotatable bonds is 3. The van der Waals surface area contributed by atoms with Crippen molar-refractivity contribution in [2.75, 3.05) is 7.11 Å². The zero-order chi connectivity index (χ0) is 14.1. The van der Waals surface area contributed by atoms with Crippen LogP contribution in [-0.2, 0) is 5.88 Å². The fourth-order valence-electron chi connectivity index (χ4n) is 2.22. The number of methoxy groups -OCH3 is 1. The molecular formula is C15H12BrClN2O. The van der Waals surface area contributed by atoms with E-state index in [0.29, 0.717) is 5.88 Å². The number of hydrogen-bond acceptors (Lipinski definition) is 2.